The first-order valence-electron chi connectivity index (χ1n) is 9.17. The predicted molar refractivity (Wildman–Crippen MR) is 109 cm³/mol. The topological polar surface area (TPSA) is 80.3 Å². The molecule has 154 valence electrons. The molecule has 1 unspecified atom stereocenters. The van der Waals surface area contributed by atoms with Crippen LogP contribution in [0.1, 0.15) is 35.3 Å². The lowest BCUT2D eigenvalue weighted by Gasteiger charge is -2.26. The van der Waals surface area contributed by atoms with Gasteiger partial charge in [0.15, 0.2) is 5.13 Å². The number of fused-ring (bicyclic) bond motifs is 1. The molecule has 1 atom stereocenters. The quantitative estimate of drug-likeness (QED) is 0.648. The van der Waals surface area contributed by atoms with Crippen LogP contribution >= 0.6 is 11.3 Å². The number of amides is 2. The van der Waals surface area contributed by atoms with Crippen molar-refractivity contribution in [3.05, 3.63) is 64.5 Å². The Morgan fingerprint density at radius 1 is 1.20 bits per heavy atom. The second kappa shape index (κ2) is 8.19. The van der Waals surface area contributed by atoms with Crippen molar-refractivity contribution in [1.29, 1.82) is 0 Å². The molecule has 2 amide bonds. The number of rotatable bonds is 4. The van der Waals surface area contributed by atoms with E-state index in [9.17, 15) is 18.4 Å². The van der Waals surface area contributed by atoms with E-state index in [1.54, 1.807) is 5.38 Å². The Kier molecular flexibility index (Phi) is 5.45. The summed E-state index contributed by atoms with van der Waals surface area (Å²) < 4.78 is 32.8. The summed E-state index contributed by atoms with van der Waals surface area (Å²) in [5, 5.41) is 7.41. The SMILES string of the molecule is CC(=O)NC1CCOc2ccc(-c3csc(NC(=O)c4cc(F)ccc4F)n3)cc21. The number of carbonyl (C=O) groups is 2. The average molecular weight is 429 g/mol. The van der Waals surface area contributed by atoms with Crippen molar-refractivity contribution in [2.75, 3.05) is 11.9 Å². The fourth-order valence-electron chi connectivity index (χ4n) is 3.25. The first-order valence-corrected chi connectivity index (χ1v) is 10.0. The molecule has 0 spiro atoms. The monoisotopic (exact) mass is 429 g/mol. The second-order valence-electron chi connectivity index (χ2n) is 6.76. The van der Waals surface area contributed by atoms with E-state index in [0.29, 0.717) is 24.5 Å². The minimum atomic E-state index is -0.815. The first-order chi connectivity index (χ1) is 14.4. The summed E-state index contributed by atoms with van der Waals surface area (Å²) in [6.07, 6.45) is 0.660. The van der Waals surface area contributed by atoms with E-state index < -0.39 is 23.1 Å². The number of anilines is 1. The molecule has 6 nitrogen and oxygen atoms in total. The van der Waals surface area contributed by atoms with Gasteiger partial charge in [-0.1, -0.05) is 0 Å². The molecular weight excluding hydrogens is 412 g/mol. The van der Waals surface area contributed by atoms with Crippen molar-refractivity contribution in [3.8, 4) is 17.0 Å². The van der Waals surface area contributed by atoms with E-state index in [0.717, 1.165) is 29.3 Å². The molecule has 9 heteroatoms. The lowest BCUT2D eigenvalue weighted by Crippen LogP contribution is -2.30. The van der Waals surface area contributed by atoms with Crippen LogP contribution in [-0.2, 0) is 4.79 Å². The second-order valence-corrected chi connectivity index (χ2v) is 7.62. The fraction of sp³-hybridized carbons (Fsp3) is 0.190. The Morgan fingerprint density at radius 2 is 2.03 bits per heavy atom. The highest BCUT2D eigenvalue weighted by molar-refractivity contribution is 7.14. The Morgan fingerprint density at radius 3 is 2.83 bits per heavy atom. The number of carbonyl (C=O) groups excluding carboxylic acids is 2. The van der Waals surface area contributed by atoms with Crippen LogP contribution in [0.3, 0.4) is 0 Å². The highest BCUT2D eigenvalue weighted by Gasteiger charge is 2.23. The molecule has 1 aliphatic rings. The molecule has 30 heavy (non-hydrogen) atoms. The lowest BCUT2D eigenvalue weighted by atomic mass is 9.97. The van der Waals surface area contributed by atoms with Crippen LogP contribution in [0.25, 0.3) is 11.3 Å². The normalized spacial score (nSPS) is 15.1. The number of hydrogen-bond donors (Lipinski definition) is 2. The van der Waals surface area contributed by atoms with Crippen LogP contribution in [0.5, 0.6) is 5.75 Å². The van der Waals surface area contributed by atoms with Crippen LogP contribution in [-0.4, -0.2) is 23.4 Å². The van der Waals surface area contributed by atoms with Crippen molar-refractivity contribution in [1.82, 2.24) is 10.3 Å². The van der Waals surface area contributed by atoms with E-state index >= 15 is 0 Å². The zero-order valence-corrected chi connectivity index (χ0v) is 16.7. The van der Waals surface area contributed by atoms with Crippen molar-refractivity contribution >= 4 is 28.3 Å². The number of thiazole rings is 1. The molecule has 2 N–H and O–H groups in total. The van der Waals surface area contributed by atoms with Gasteiger partial charge in [-0.3, -0.25) is 14.9 Å². The number of benzene rings is 2. The zero-order valence-electron chi connectivity index (χ0n) is 15.9. The van der Waals surface area contributed by atoms with Crippen LogP contribution < -0.4 is 15.4 Å². The van der Waals surface area contributed by atoms with Gasteiger partial charge in [0.1, 0.15) is 17.4 Å². The maximum Gasteiger partial charge on any atom is 0.260 e. The third-order valence-corrected chi connectivity index (χ3v) is 5.38. The highest BCUT2D eigenvalue weighted by atomic mass is 32.1. The van der Waals surface area contributed by atoms with Crippen LogP contribution in [0.15, 0.2) is 41.8 Å². The number of nitrogens with zero attached hydrogens (tertiary/aromatic N) is 1. The molecule has 0 radical (unpaired) electrons. The Labute approximate surface area is 174 Å². The molecule has 3 aromatic rings. The Balaban J connectivity index is 1.56. The van der Waals surface area contributed by atoms with Gasteiger partial charge in [-0.05, 0) is 36.4 Å². The molecule has 2 aromatic carbocycles. The molecule has 2 heterocycles. The molecular formula is C21H17F2N3O3S. The van der Waals surface area contributed by atoms with Gasteiger partial charge in [0.2, 0.25) is 5.91 Å². The summed E-state index contributed by atoms with van der Waals surface area (Å²) in [5.41, 5.74) is 1.85. The van der Waals surface area contributed by atoms with Crippen LogP contribution in [0, 0.1) is 11.6 Å². The molecule has 4 rings (SSSR count). The number of halogens is 2. The smallest absolute Gasteiger partial charge is 0.260 e. The summed E-state index contributed by atoms with van der Waals surface area (Å²) in [6, 6.07) is 8.08. The lowest BCUT2D eigenvalue weighted by molar-refractivity contribution is -0.119. The van der Waals surface area contributed by atoms with E-state index in [1.807, 2.05) is 18.2 Å². The summed E-state index contributed by atoms with van der Waals surface area (Å²) in [7, 11) is 0. The van der Waals surface area contributed by atoms with E-state index in [2.05, 4.69) is 15.6 Å². The van der Waals surface area contributed by atoms with Gasteiger partial charge in [-0.25, -0.2) is 13.8 Å². The highest BCUT2D eigenvalue weighted by Crippen LogP contribution is 2.36. The first kappa shape index (κ1) is 20.0. The van der Waals surface area contributed by atoms with Gasteiger partial charge >= 0.3 is 0 Å². The molecule has 0 aliphatic carbocycles. The molecule has 0 saturated carbocycles. The van der Waals surface area contributed by atoms with Gasteiger partial charge in [0.25, 0.3) is 5.91 Å². The van der Waals surface area contributed by atoms with Gasteiger partial charge in [0.05, 0.1) is 23.9 Å². The van der Waals surface area contributed by atoms with E-state index in [-0.39, 0.29) is 17.1 Å². The molecule has 1 aliphatic heterocycles. The zero-order chi connectivity index (χ0) is 21.3. The minimum Gasteiger partial charge on any atom is -0.493 e. The van der Waals surface area contributed by atoms with Gasteiger partial charge in [-0.15, -0.1) is 11.3 Å². The summed E-state index contributed by atoms with van der Waals surface area (Å²) in [5.74, 6) is -1.72. The molecule has 0 saturated heterocycles. The largest absolute Gasteiger partial charge is 0.493 e. The number of aromatic nitrogens is 1. The maximum absolute atomic E-state index is 13.8. The third kappa shape index (κ3) is 4.16. The number of hydrogen-bond acceptors (Lipinski definition) is 5. The van der Waals surface area contributed by atoms with Crippen molar-refractivity contribution in [2.45, 2.75) is 19.4 Å². The Bertz CT molecular complexity index is 1130. The molecule has 0 bridgehead atoms. The summed E-state index contributed by atoms with van der Waals surface area (Å²) in [4.78, 5) is 28.1. The molecule has 0 fully saturated rings. The average Bonchev–Trinajstić information content (AvgIpc) is 3.18. The van der Waals surface area contributed by atoms with E-state index in [4.69, 9.17) is 4.74 Å². The van der Waals surface area contributed by atoms with Gasteiger partial charge < -0.3 is 10.1 Å². The van der Waals surface area contributed by atoms with Crippen molar-refractivity contribution in [2.24, 2.45) is 0 Å². The van der Waals surface area contributed by atoms with Gasteiger partial charge in [0, 0.05) is 29.9 Å². The van der Waals surface area contributed by atoms with Crippen LogP contribution in [0.4, 0.5) is 13.9 Å². The fourth-order valence-corrected chi connectivity index (χ4v) is 3.96. The number of ether oxygens (including phenoxy) is 1. The van der Waals surface area contributed by atoms with Crippen molar-refractivity contribution < 1.29 is 23.1 Å². The standard InChI is InChI=1S/C21H17F2N3O3S/c1-11(27)24-17-6-7-29-19-5-2-12(8-15(17)19)18-10-30-21(25-18)26-20(28)14-9-13(22)3-4-16(14)23/h2-5,8-10,17H,6-7H2,1H3,(H,24,27)(H,25,26,28). The minimum absolute atomic E-state index is 0.124. The summed E-state index contributed by atoms with van der Waals surface area (Å²) in [6.45, 7) is 1.98. The maximum atomic E-state index is 13.8. The molecule has 1 aromatic heterocycles. The van der Waals surface area contributed by atoms with Crippen molar-refractivity contribution in [3.63, 3.8) is 0 Å². The predicted octanol–water partition coefficient (Wildman–Crippen LogP) is 4.30. The van der Waals surface area contributed by atoms with E-state index in [1.165, 1.54) is 18.3 Å². The van der Waals surface area contributed by atoms with Crippen LogP contribution in [0.2, 0.25) is 0 Å². The Hall–Kier alpha value is -3.33. The third-order valence-electron chi connectivity index (χ3n) is 4.62. The number of nitrogens with one attached hydrogen (secondary N) is 2. The van der Waals surface area contributed by atoms with Gasteiger partial charge in [-0.2, -0.15) is 0 Å². The summed E-state index contributed by atoms with van der Waals surface area (Å²) >= 11 is 1.17.